The molecule has 8 rings (SSSR count). The van der Waals surface area contributed by atoms with Crippen molar-refractivity contribution in [3.8, 4) is 0 Å². The summed E-state index contributed by atoms with van der Waals surface area (Å²) >= 11 is 0. The first-order valence-electron chi connectivity index (χ1n) is 14.2. The maximum absolute atomic E-state index is 13.9. The van der Waals surface area contributed by atoms with Gasteiger partial charge in [0, 0.05) is 51.6 Å². The lowest BCUT2D eigenvalue weighted by Crippen LogP contribution is -2.41. The standard InChI is InChI=1S/C35H22N2O7S/c1-2-45(43,44)19-6-4-18(5-7-19)37-34(41)26-14-10-22-20-8-12-24-30-25(33(40)36(32(24)39)16-3-17-38)13-9-21(28(20)30)23-11-15-27(35(37)42)31(26)29(22)23/h2,4-15,38H,1,3,16-17H2. The lowest BCUT2D eigenvalue weighted by molar-refractivity contribution is 0.0600. The molecular weight excluding hydrogens is 592 g/mol. The molecule has 6 aromatic rings. The van der Waals surface area contributed by atoms with E-state index in [0.717, 1.165) is 42.6 Å². The topological polar surface area (TPSA) is 129 Å². The van der Waals surface area contributed by atoms with Gasteiger partial charge in [-0.3, -0.25) is 24.1 Å². The Kier molecular flexibility index (Phi) is 5.59. The van der Waals surface area contributed by atoms with E-state index < -0.39 is 33.5 Å². The second-order valence-electron chi connectivity index (χ2n) is 11.1. The largest absolute Gasteiger partial charge is 0.396 e. The van der Waals surface area contributed by atoms with Crippen molar-refractivity contribution < 1.29 is 32.7 Å². The average Bonchev–Trinajstić information content (AvgIpc) is 3.05. The summed E-state index contributed by atoms with van der Waals surface area (Å²) in [4.78, 5) is 56.9. The number of anilines is 1. The average molecular weight is 615 g/mol. The minimum Gasteiger partial charge on any atom is -0.396 e. The third-order valence-corrected chi connectivity index (χ3v) is 10.3. The van der Waals surface area contributed by atoms with E-state index in [1.807, 2.05) is 24.3 Å². The first kappa shape index (κ1) is 27.1. The SMILES string of the molecule is C=CS(=O)(=O)c1ccc(N2C(=O)c3ccc4c5ccc6c7c(ccc(c8ccc(c3c48)C2=O)c75)C(=O)N(CCCO)C6=O)cc1. The molecule has 4 amide bonds. The third-order valence-electron chi connectivity index (χ3n) is 8.90. The van der Waals surface area contributed by atoms with E-state index in [-0.39, 0.29) is 30.2 Å². The van der Waals surface area contributed by atoms with Gasteiger partial charge in [-0.05, 0) is 87.3 Å². The van der Waals surface area contributed by atoms with Crippen molar-refractivity contribution in [3.63, 3.8) is 0 Å². The zero-order valence-corrected chi connectivity index (χ0v) is 24.3. The summed E-state index contributed by atoms with van der Waals surface area (Å²) in [5, 5.41) is 15.8. The van der Waals surface area contributed by atoms with Gasteiger partial charge in [-0.15, -0.1) is 0 Å². The Morgan fingerprint density at radius 2 is 1.02 bits per heavy atom. The van der Waals surface area contributed by atoms with E-state index in [9.17, 15) is 32.7 Å². The van der Waals surface area contributed by atoms with Gasteiger partial charge < -0.3 is 5.11 Å². The molecule has 0 atom stereocenters. The number of fused-ring (bicyclic) bond motifs is 2. The molecule has 0 aliphatic carbocycles. The highest BCUT2D eigenvalue weighted by molar-refractivity contribution is 7.94. The number of carbonyl (C=O) groups excluding carboxylic acids is 4. The van der Waals surface area contributed by atoms with Crippen LogP contribution in [-0.2, 0) is 9.84 Å². The molecule has 6 aromatic carbocycles. The quantitative estimate of drug-likeness (QED) is 0.150. The van der Waals surface area contributed by atoms with Crippen LogP contribution >= 0.6 is 0 Å². The Morgan fingerprint density at radius 3 is 1.42 bits per heavy atom. The molecule has 0 unspecified atom stereocenters. The number of nitrogens with zero attached hydrogens (tertiary/aromatic N) is 2. The highest BCUT2D eigenvalue weighted by Crippen LogP contribution is 2.46. The van der Waals surface area contributed by atoms with Crippen LogP contribution in [0.15, 0.2) is 89.7 Å². The van der Waals surface area contributed by atoms with Crippen LogP contribution < -0.4 is 4.90 Å². The molecule has 0 fully saturated rings. The highest BCUT2D eigenvalue weighted by atomic mass is 32.2. The van der Waals surface area contributed by atoms with Gasteiger partial charge in [0.25, 0.3) is 23.6 Å². The number of hydrogen-bond donors (Lipinski definition) is 1. The van der Waals surface area contributed by atoms with Crippen molar-refractivity contribution in [2.75, 3.05) is 18.1 Å². The maximum Gasteiger partial charge on any atom is 0.265 e. The molecule has 45 heavy (non-hydrogen) atoms. The summed E-state index contributed by atoms with van der Waals surface area (Å²) in [7, 11) is -3.69. The second-order valence-corrected chi connectivity index (χ2v) is 13.0. The Morgan fingerprint density at radius 1 is 0.600 bits per heavy atom. The van der Waals surface area contributed by atoms with Crippen LogP contribution in [0.4, 0.5) is 5.69 Å². The molecule has 1 N–H and O–H groups in total. The van der Waals surface area contributed by atoms with Crippen LogP contribution in [0.5, 0.6) is 0 Å². The maximum atomic E-state index is 13.9. The Labute approximate surface area is 255 Å². The van der Waals surface area contributed by atoms with Gasteiger partial charge in [0.1, 0.15) is 0 Å². The summed E-state index contributed by atoms with van der Waals surface area (Å²) in [6, 6.07) is 19.6. The molecular formula is C35H22N2O7S. The number of aliphatic hydroxyl groups excluding tert-OH is 1. The van der Waals surface area contributed by atoms with E-state index in [1.54, 1.807) is 24.3 Å². The van der Waals surface area contributed by atoms with E-state index >= 15 is 0 Å². The molecule has 0 bridgehead atoms. The van der Waals surface area contributed by atoms with Crippen LogP contribution in [0, 0.1) is 0 Å². The van der Waals surface area contributed by atoms with Crippen molar-refractivity contribution in [2.45, 2.75) is 11.3 Å². The van der Waals surface area contributed by atoms with Crippen molar-refractivity contribution in [1.82, 2.24) is 4.90 Å². The van der Waals surface area contributed by atoms with E-state index in [1.165, 1.54) is 29.2 Å². The van der Waals surface area contributed by atoms with E-state index in [2.05, 4.69) is 6.58 Å². The van der Waals surface area contributed by atoms with Crippen molar-refractivity contribution in [3.05, 3.63) is 107 Å². The Bertz CT molecular complexity index is 2360. The van der Waals surface area contributed by atoms with Crippen molar-refractivity contribution >= 4 is 82.2 Å². The van der Waals surface area contributed by atoms with Crippen LogP contribution in [0.25, 0.3) is 43.1 Å². The number of aliphatic hydroxyl groups is 1. The predicted molar refractivity (Wildman–Crippen MR) is 170 cm³/mol. The van der Waals surface area contributed by atoms with E-state index in [0.29, 0.717) is 33.0 Å². The fourth-order valence-electron chi connectivity index (χ4n) is 6.87. The molecule has 2 heterocycles. The zero-order chi connectivity index (χ0) is 31.4. The van der Waals surface area contributed by atoms with E-state index in [4.69, 9.17) is 0 Å². The van der Waals surface area contributed by atoms with Gasteiger partial charge in [-0.2, -0.15) is 0 Å². The highest BCUT2D eigenvalue weighted by Gasteiger charge is 2.37. The number of carbonyl (C=O) groups is 4. The minimum atomic E-state index is -3.69. The number of imide groups is 2. The number of benzene rings is 6. The number of sulfone groups is 1. The normalized spacial score (nSPS) is 15.0. The van der Waals surface area contributed by atoms with Crippen LogP contribution in [0.1, 0.15) is 47.9 Å². The summed E-state index contributed by atoms with van der Waals surface area (Å²) in [5.41, 5.74) is 1.70. The molecule has 0 saturated carbocycles. The van der Waals surface area contributed by atoms with Crippen LogP contribution in [-0.4, -0.2) is 55.2 Å². The first-order chi connectivity index (χ1) is 21.7. The number of amides is 4. The fourth-order valence-corrected chi connectivity index (χ4v) is 7.57. The molecule has 2 aliphatic heterocycles. The monoisotopic (exact) mass is 614 g/mol. The van der Waals surface area contributed by atoms with Gasteiger partial charge in [0.15, 0.2) is 9.84 Å². The van der Waals surface area contributed by atoms with Crippen molar-refractivity contribution in [1.29, 1.82) is 0 Å². The minimum absolute atomic E-state index is 0.00262. The van der Waals surface area contributed by atoms with Crippen molar-refractivity contribution in [2.24, 2.45) is 0 Å². The Balaban J connectivity index is 1.35. The molecule has 0 aromatic heterocycles. The smallest absolute Gasteiger partial charge is 0.265 e. The Hall–Kier alpha value is -5.45. The summed E-state index contributed by atoms with van der Waals surface area (Å²) in [6.45, 7) is 3.31. The van der Waals surface area contributed by atoms with Crippen LogP contribution in [0.2, 0.25) is 0 Å². The number of rotatable bonds is 6. The predicted octanol–water partition coefficient (Wildman–Crippen LogP) is 5.43. The van der Waals surface area contributed by atoms with Gasteiger partial charge in [0.2, 0.25) is 0 Å². The summed E-state index contributed by atoms with van der Waals surface area (Å²) in [5.74, 6) is -1.89. The molecule has 2 aliphatic rings. The van der Waals surface area contributed by atoms with Gasteiger partial charge in [-0.25, -0.2) is 13.3 Å². The van der Waals surface area contributed by atoms with Gasteiger partial charge in [0.05, 0.1) is 10.6 Å². The second kappa shape index (κ2) is 9.28. The number of hydrogen-bond acceptors (Lipinski definition) is 7. The molecule has 10 heteroatoms. The molecule has 220 valence electrons. The summed E-state index contributed by atoms with van der Waals surface area (Å²) < 4.78 is 24.4. The molecule has 0 spiro atoms. The fraction of sp³-hybridized carbons (Fsp3) is 0.0857. The van der Waals surface area contributed by atoms with Gasteiger partial charge in [-0.1, -0.05) is 30.8 Å². The van der Waals surface area contributed by atoms with Gasteiger partial charge >= 0.3 is 0 Å². The molecule has 0 radical (unpaired) electrons. The lowest BCUT2D eigenvalue weighted by Gasteiger charge is -2.30. The summed E-state index contributed by atoms with van der Waals surface area (Å²) in [6.07, 6.45) is 0.281. The lowest BCUT2D eigenvalue weighted by atomic mass is 9.82. The molecule has 9 nitrogen and oxygen atoms in total. The first-order valence-corrected chi connectivity index (χ1v) is 15.8. The molecule has 0 saturated heterocycles. The third kappa shape index (κ3) is 3.49. The zero-order valence-electron chi connectivity index (χ0n) is 23.5. The van der Waals surface area contributed by atoms with Crippen LogP contribution in [0.3, 0.4) is 0 Å².